The van der Waals surface area contributed by atoms with Crippen molar-refractivity contribution in [2.75, 3.05) is 20.1 Å². The number of likely N-dealkylation sites (tertiary alicyclic amines) is 1. The van der Waals surface area contributed by atoms with Crippen molar-refractivity contribution in [3.63, 3.8) is 0 Å². The molecule has 1 atom stereocenters. The molecule has 1 aliphatic heterocycles. The lowest BCUT2D eigenvalue weighted by Gasteiger charge is -2.48. The zero-order valence-corrected chi connectivity index (χ0v) is 19.4. The van der Waals surface area contributed by atoms with Gasteiger partial charge in [-0.2, -0.15) is 0 Å². The number of urea groups is 1. The van der Waals surface area contributed by atoms with Gasteiger partial charge in [0, 0.05) is 42.2 Å². The summed E-state index contributed by atoms with van der Waals surface area (Å²) in [6.07, 6.45) is 0. The second kappa shape index (κ2) is 10.1. The van der Waals surface area contributed by atoms with Crippen LogP contribution in [0.3, 0.4) is 0 Å². The molecule has 3 aromatic carbocycles. The predicted octanol–water partition coefficient (Wildman–Crippen LogP) is 5.96. The second-order valence-electron chi connectivity index (χ2n) is 8.12. The highest BCUT2D eigenvalue weighted by molar-refractivity contribution is 6.30. The number of hydrogen-bond donors (Lipinski definition) is 2. The van der Waals surface area contributed by atoms with Crippen molar-refractivity contribution in [1.29, 1.82) is 0 Å². The van der Waals surface area contributed by atoms with E-state index in [-0.39, 0.29) is 12.0 Å². The summed E-state index contributed by atoms with van der Waals surface area (Å²) in [6.45, 7) is 1.23. The summed E-state index contributed by atoms with van der Waals surface area (Å²) in [5.74, 6) is -1.39. The van der Waals surface area contributed by atoms with Crippen molar-refractivity contribution in [1.82, 2.24) is 15.5 Å². The van der Waals surface area contributed by atoms with Gasteiger partial charge in [-0.3, -0.25) is 4.90 Å². The van der Waals surface area contributed by atoms with Gasteiger partial charge in [-0.05, 0) is 53.1 Å². The fraction of sp³-hybridized carbons (Fsp3) is 0.240. The van der Waals surface area contributed by atoms with E-state index in [0.717, 1.165) is 17.2 Å². The SMILES string of the molecule is CNC(=O)NC(c1cc(F)cc(F)c1)C1CN(C(c2ccc(Cl)cc2)c2ccc(Cl)cc2)C1. The number of rotatable bonds is 6. The highest BCUT2D eigenvalue weighted by atomic mass is 35.5. The van der Waals surface area contributed by atoms with Crippen LogP contribution in [-0.4, -0.2) is 31.1 Å². The average Bonchev–Trinajstić information content (AvgIpc) is 2.75. The fourth-order valence-corrected chi connectivity index (χ4v) is 4.57. The molecule has 0 bridgehead atoms. The molecule has 0 saturated carbocycles. The molecule has 1 fully saturated rings. The van der Waals surface area contributed by atoms with Gasteiger partial charge in [-0.25, -0.2) is 13.6 Å². The smallest absolute Gasteiger partial charge is 0.315 e. The standard InChI is InChI=1S/C25H23Cl2F2N3O/c1-30-25(33)31-23(17-10-21(28)12-22(29)11-17)18-13-32(14-18)24(15-2-6-19(26)7-3-15)16-4-8-20(27)9-5-16/h2-12,18,23-24H,13-14H2,1H3,(H2,30,31,33). The number of hydrogen-bond acceptors (Lipinski definition) is 2. The fourth-order valence-electron chi connectivity index (χ4n) is 4.32. The van der Waals surface area contributed by atoms with Crippen LogP contribution in [0.4, 0.5) is 13.6 Å². The Morgan fingerprint density at radius 1 is 0.879 bits per heavy atom. The summed E-state index contributed by atoms with van der Waals surface area (Å²) in [7, 11) is 1.50. The highest BCUT2D eigenvalue weighted by Crippen LogP contribution is 2.39. The topological polar surface area (TPSA) is 44.4 Å². The summed E-state index contributed by atoms with van der Waals surface area (Å²) in [6, 6.07) is 17.7. The van der Waals surface area contributed by atoms with Crippen LogP contribution in [0.5, 0.6) is 0 Å². The Morgan fingerprint density at radius 3 is 1.82 bits per heavy atom. The van der Waals surface area contributed by atoms with E-state index in [9.17, 15) is 13.6 Å². The summed E-state index contributed by atoms with van der Waals surface area (Å²) >= 11 is 12.2. The van der Waals surface area contributed by atoms with E-state index in [2.05, 4.69) is 15.5 Å². The van der Waals surface area contributed by atoms with Crippen molar-refractivity contribution < 1.29 is 13.6 Å². The summed E-state index contributed by atoms with van der Waals surface area (Å²) in [5.41, 5.74) is 2.52. The van der Waals surface area contributed by atoms with Gasteiger partial charge in [0.2, 0.25) is 0 Å². The highest BCUT2D eigenvalue weighted by Gasteiger charge is 2.39. The van der Waals surface area contributed by atoms with Crippen LogP contribution in [0.15, 0.2) is 66.7 Å². The molecule has 0 aliphatic carbocycles. The number of benzene rings is 3. The van der Waals surface area contributed by atoms with Gasteiger partial charge in [0.1, 0.15) is 11.6 Å². The van der Waals surface area contributed by atoms with Gasteiger partial charge in [0.15, 0.2) is 0 Å². The van der Waals surface area contributed by atoms with Crippen LogP contribution >= 0.6 is 23.2 Å². The zero-order chi connectivity index (χ0) is 23.5. The van der Waals surface area contributed by atoms with Gasteiger partial charge in [0.25, 0.3) is 0 Å². The van der Waals surface area contributed by atoms with E-state index < -0.39 is 23.7 Å². The third kappa shape index (κ3) is 5.46. The first kappa shape index (κ1) is 23.5. The monoisotopic (exact) mass is 489 g/mol. The van der Waals surface area contributed by atoms with Crippen LogP contribution < -0.4 is 10.6 Å². The third-order valence-electron chi connectivity index (χ3n) is 5.90. The molecule has 4 rings (SSSR count). The molecule has 3 aromatic rings. The molecular formula is C25H23Cl2F2N3O. The van der Waals surface area contributed by atoms with Crippen LogP contribution in [0, 0.1) is 17.6 Å². The largest absolute Gasteiger partial charge is 0.341 e. The lowest BCUT2D eigenvalue weighted by molar-refractivity contribution is 0.0460. The predicted molar refractivity (Wildman–Crippen MR) is 127 cm³/mol. The third-order valence-corrected chi connectivity index (χ3v) is 6.41. The maximum Gasteiger partial charge on any atom is 0.315 e. The van der Waals surface area contributed by atoms with Crippen molar-refractivity contribution in [3.05, 3.63) is 105 Å². The minimum atomic E-state index is -0.676. The van der Waals surface area contributed by atoms with E-state index in [1.165, 1.54) is 19.2 Å². The van der Waals surface area contributed by atoms with E-state index in [1.807, 2.05) is 48.5 Å². The van der Waals surface area contributed by atoms with Crippen LogP contribution in [0.1, 0.15) is 28.8 Å². The van der Waals surface area contributed by atoms with E-state index in [0.29, 0.717) is 28.7 Å². The van der Waals surface area contributed by atoms with Gasteiger partial charge in [0.05, 0.1) is 12.1 Å². The minimum absolute atomic E-state index is 0.0365. The van der Waals surface area contributed by atoms with Gasteiger partial charge >= 0.3 is 6.03 Å². The minimum Gasteiger partial charge on any atom is -0.341 e. The lowest BCUT2D eigenvalue weighted by Crippen LogP contribution is -2.54. The molecule has 172 valence electrons. The number of halogens is 4. The maximum atomic E-state index is 13.9. The first-order valence-corrected chi connectivity index (χ1v) is 11.3. The van der Waals surface area contributed by atoms with Gasteiger partial charge in [-0.15, -0.1) is 0 Å². The molecule has 1 heterocycles. The average molecular weight is 490 g/mol. The van der Waals surface area contributed by atoms with Crippen LogP contribution in [0.25, 0.3) is 0 Å². The van der Waals surface area contributed by atoms with Crippen LogP contribution in [-0.2, 0) is 0 Å². The first-order chi connectivity index (χ1) is 15.8. The molecular weight excluding hydrogens is 467 g/mol. The van der Waals surface area contributed by atoms with Gasteiger partial charge in [-0.1, -0.05) is 47.5 Å². The Kier molecular flexibility index (Phi) is 7.17. The number of nitrogens with zero attached hydrogens (tertiary/aromatic N) is 1. The Hall–Kier alpha value is -2.67. The zero-order valence-electron chi connectivity index (χ0n) is 17.9. The maximum absolute atomic E-state index is 13.9. The van der Waals surface area contributed by atoms with Crippen molar-refractivity contribution in [2.45, 2.75) is 12.1 Å². The van der Waals surface area contributed by atoms with Crippen molar-refractivity contribution >= 4 is 29.2 Å². The quantitative estimate of drug-likeness (QED) is 0.448. The normalized spacial score (nSPS) is 15.2. The molecule has 8 heteroatoms. The second-order valence-corrected chi connectivity index (χ2v) is 9.00. The molecule has 0 radical (unpaired) electrons. The summed E-state index contributed by atoms with van der Waals surface area (Å²) in [4.78, 5) is 14.3. The van der Waals surface area contributed by atoms with Crippen molar-refractivity contribution in [2.24, 2.45) is 5.92 Å². The van der Waals surface area contributed by atoms with Crippen molar-refractivity contribution in [3.8, 4) is 0 Å². The molecule has 2 amide bonds. The Bertz CT molecular complexity index is 1050. The summed E-state index contributed by atoms with van der Waals surface area (Å²) in [5, 5.41) is 6.67. The Balaban J connectivity index is 1.61. The number of carbonyl (C=O) groups is 1. The van der Waals surface area contributed by atoms with E-state index in [4.69, 9.17) is 23.2 Å². The summed E-state index contributed by atoms with van der Waals surface area (Å²) < 4.78 is 27.8. The molecule has 1 saturated heterocycles. The molecule has 0 spiro atoms. The number of nitrogens with one attached hydrogen (secondary N) is 2. The molecule has 4 nitrogen and oxygen atoms in total. The lowest BCUT2D eigenvalue weighted by atomic mass is 9.83. The number of carbonyl (C=O) groups excluding carboxylic acids is 1. The van der Waals surface area contributed by atoms with Gasteiger partial charge < -0.3 is 10.6 Å². The molecule has 33 heavy (non-hydrogen) atoms. The van der Waals surface area contributed by atoms with E-state index >= 15 is 0 Å². The van der Waals surface area contributed by atoms with E-state index in [1.54, 1.807) is 0 Å². The van der Waals surface area contributed by atoms with Crippen LogP contribution in [0.2, 0.25) is 10.0 Å². The first-order valence-electron chi connectivity index (χ1n) is 10.5. The molecule has 2 N–H and O–H groups in total. The molecule has 1 unspecified atom stereocenters. The Morgan fingerprint density at radius 2 is 1.36 bits per heavy atom. The molecule has 0 aromatic heterocycles. The number of amides is 2. The Labute approximate surface area is 201 Å². The molecule has 1 aliphatic rings.